The summed E-state index contributed by atoms with van der Waals surface area (Å²) in [7, 11) is -3.08. The number of guanidine groups is 1. The number of nitrogens with zero attached hydrogens (tertiary/aromatic N) is 2. The first kappa shape index (κ1) is 25.0. The summed E-state index contributed by atoms with van der Waals surface area (Å²) in [6.07, 6.45) is 0. The summed E-state index contributed by atoms with van der Waals surface area (Å²) in [5.74, 6) is 2.21. The van der Waals surface area contributed by atoms with E-state index in [1.807, 2.05) is 36.1 Å². The summed E-state index contributed by atoms with van der Waals surface area (Å²) in [6, 6.07) is 7.94. The molecule has 1 fully saturated rings. The maximum atomic E-state index is 12.3. The summed E-state index contributed by atoms with van der Waals surface area (Å²) in [6.45, 7) is 12.6. The van der Waals surface area contributed by atoms with Gasteiger partial charge in [0.2, 0.25) is 0 Å². The standard InChI is InChI=1S/C20H33N3O3S.HI/c1-6-21-19(23-11-12-27(24,25)20(4,5)15-23)22-13-17-9-7-8-10-18(17)26-14-16(2)3;/h7-10,16H,6,11-15H2,1-5H3,(H,21,22);1H. The van der Waals surface area contributed by atoms with E-state index in [-0.39, 0.29) is 29.7 Å². The zero-order chi connectivity index (χ0) is 20.1. The van der Waals surface area contributed by atoms with Crippen molar-refractivity contribution in [1.29, 1.82) is 0 Å². The Balaban J connectivity index is 0.00000392. The minimum Gasteiger partial charge on any atom is -0.493 e. The van der Waals surface area contributed by atoms with Crippen LogP contribution >= 0.6 is 24.0 Å². The van der Waals surface area contributed by atoms with Crippen molar-refractivity contribution in [3.63, 3.8) is 0 Å². The van der Waals surface area contributed by atoms with Crippen molar-refractivity contribution >= 4 is 39.8 Å². The van der Waals surface area contributed by atoms with Crippen LogP contribution in [0, 0.1) is 5.92 Å². The molecule has 8 heteroatoms. The van der Waals surface area contributed by atoms with E-state index in [0.717, 1.165) is 23.8 Å². The molecule has 1 aliphatic rings. The average Bonchev–Trinajstić information content (AvgIpc) is 2.60. The van der Waals surface area contributed by atoms with Gasteiger partial charge < -0.3 is 15.0 Å². The third kappa shape index (κ3) is 6.50. The smallest absolute Gasteiger partial charge is 0.194 e. The molecule has 0 aromatic heterocycles. The van der Waals surface area contributed by atoms with Gasteiger partial charge in [-0.2, -0.15) is 0 Å². The zero-order valence-electron chi connectivity index (χ0n) is 17.6. The fraction of sp³-hybridized carbons (Fsp3) is 0.650. The molecule has 2 rings (SSSR count). The van der Waals surface area contributed by atoms with Gasteiger partial charge in [-0.15, -0.1) is 24.0 Å². The minimum atomic E-state index is -3.08. The monoisotopic (exact) mass is 523 g/mol. The van der Waals surface area contributed by atoms with Crippen molar-refractivity contribution in [2.24, 2.45) is 10.9 Å². The fourth-order valence-corrected chi connectivity index (χ4v) is 4.31. The Morgan fingerprint density at radius 1 is 1.32 bits per heavy atom. The van der Waals surface area contributed by atoms with Gasteiger partial charge in [-0.1, -0.05) is 32.0 Å². The van der Waals surface area contributed by atoms with Crippen LogP contribution in [0.4, 0.5) is 0 Å². The van der Waals surface area contributed by atoms with Crippen molar-refractivity contribution < 1.29 is 13.2 Å². The average molecular weight is 523 g/mol. The summed E-state index contributed by atoms with van der Waals surface area (Å²) in [5, 5.41) is 3.30. The number of aliphatic imine (C=N–C) groups is 1. The molecular weight excluding hydrogens is 489 g/mol. The Morgan fingerprint density at radius 2 is 2.00 bits per heavy atom. The molecule has 0 amide bonds. The first-order valence-electron chi connectivity index (χ1n) is 9.62. The van der Waals surface area contributed by atoms with Gasteiger partial charge >= 0.3 is 0 Å². The minimum absolute atomic E-state index is 0. The van der Waals surface area contributed by atoms with Crippen LogP contribution in [0.25, 0.3) is 0 Å². The second-order valence-corrected chi connectivity index (χ2v) is 10.7. The van der Waals surface area contributed by atoms with Crippen LogP contribution in [0.5, 0.6) is 5.75 Å². The molecular formula is C20H34IN3O3S. The first-order valence-corrected chi connectivity index (χ1v) is 11.3. The van der Waals surface area contributed by atoms with Crippen molar-refractivity contribution in [2.45, 2.75) is 45.9 Å². The summed E-state index contributed by atoms with van der Waals surface area (Å²) in [5.41, 5.74) is 1.03. The molecule has 0 spiro atoms. The van der Waals surface area contributed by atoms with E-state index in [4.69, 9.17) is 9.73 Å². The van der Waals surface area contributed by atoms with Gasteiger partial charge in [-0.05, 0) is 32.8 Å². The topological polar surface area (TPSA) is 71.0 Å². The highest BCUT2D eigenvalue weighted by Crippen LogP contribution is 2.24. The molecule has 1 N–H and O–H groups in total. The number of ether oxygens (including phenoxy) is 1. The van der Waals surface area contributed by atoms with E-state index in [1.54, 1.807) is 13.8 Å². The molecule has 6 nitrogen and oxygen atoms in total. The Kier molecular flexibility index (Phi) is 9.52. The maximum absolute atomic E-state index is 12.3. The lowest BCUT2D eigenvalue weighted by Gasteiger charge is -2.39. The van der Waals surface area contributed by atoms with Gasteiger partial charge in [0, 0.05) is 25.2 Å². The van der Waals surface area contributed by atoms with Crippen molar-refractivity contribution in [1.82, 2.24) is 10.2 Å². The van der Waals surface area contributed by atoms with E-state index in [9.17, 15) is 8.42 Å². The third-order valence-electron chi connectivity index (χ3n) is 4.62. The van der Waals surface area contributed by atoms with Crippen LogP contribution in [-0.4, -0.2) is 56.0 Å². The molecule has 1 aromatic carbocycles. The van der Waals surface area contributed by atoms with Crippen LogP contribution in [0.15, 0.2) is 29.3 Å². The Morgan fingerprint density at radius 3 is 2.61 bits per heavy atom. The van der Waals surface area contributed by atoms with E-state index in [1.165, 1.54) is 0 Å². The third-order valence-corrected chi connectivity index (χ3v) is 7.15. The number of sulfone groups is 1. The van der Waals surface area contributed by atoms with Crippen LogP contribution in [0.2, 0.25) is 0 Å². The van der Waals surface area contributed by atoms with Crippen LogP contribution in [0.1, 0.15) is 40.2 Å². The lowest BCUT2D eigenvalue weighted by atomic mass is 10.2. The molecule has 0 bridgehead atoms. The SMILES string of the molecule is CCNC(=NCc1ccccc1OCC(C)C)N1CCS(=O)(=O)C(C)(C)C1.I. The van der Waals surface area contributed by atoms with Gasteiger partial charge in [0.15, 0.2) is 15.8 Å². The van der Waals surface area contributed by atoms with Gasteiger partial charge in [-0.3, -0.25) is 0 Å². The molecule has 0 aliphatic carbocycles. The first-order chi connectivity index (χ1) is 12.7. The molecule has 160 valence electrons. The Hall–Kier alpha value is -1.03. The van der Waals surface area contributed by atoms with Crippen LogP contribution < -0.4 is 10.1 Å². The maximum Gasteiger partial charge on any atom is 0.194 e. The molecule has 1 saturated heterocycles. The largest absolute Gasteiger partial charge is 0.493 e. The van der Waals surface area contributed by atoms with Gasteiger partial charge in [0.1, 0.15) is 5.75 Å². The number of hydrogen-bond acceptors (Lipinski definition) is 4. The van der Waals surface area contributed by atoms with Gasteiger partial charge in [0.25, 0.3) is 0 Å². The van der Waals surface area contributed by atoms with E-state index in [2.05, 4.69) is 19.2 Å². The number of para-hydroxylation sites is 1. The number of rotatable bonds is 6. The Labute approximate surface area is 187 Å². The molecule has 1 aliphatic heterocycles. The molecule has 0 unspecified atom stereocenters. The highest BCUT2D eigenvalue weighted by molar-refractivity contribution is 14.0. The normalized spacial score (nSPS) is 18.5. The quantitative estimate of drug-likeness (QED) is 0.352. The molecule has 0 saturated carbocycles. The van der Waals surface area contributed by atoms with E-state index >= 15 is 0 Å². The number of nitrogens with one attached hydrogen (secondary N) is 1. The second-order valence-electron chi connectivity index (χ2n) is 7.98. The second kappa shape index (κ2) is 10.7. The number of halogens is 1. The van der Waals surface area contributed by atoms with Crippen molar-refractivity contribution in [3.05, 3.63) is 29.8 Å². The molecule has 28 heavy (non-hydrogen) atoms. The molecule has 1 aromatic rings. The summed E-state index contributed by atoms with van der Waals surface area (Å²) >= 11 is 0. The Bertz CT molecular complexity index is 764. The number of hydrogen-bond donors (Lipinski definition) is 1. The molecule has 0 radical (unpaired) electrons. The highest BCUT2D eigenvalue weighted by atomic mass is 127. The van der Waals surface area contributed by atoms with Gasteiger partial charge in [-0.25, -0.2) is 13.4 Å². The van der Waals surface area contributed by atoms with Gasteiger partial charge in [0.05, 0.1) is 23.7 Å². The summed E-state index contributed by atoms with van der Waals surface area (Å²) in [4.78, 5) is 6.81. The highest BCUT2D eigenvalue weighted by Gasteiger charge is 2.40. The zero-order valence-corrected chi connectivity index (χ0v) is 20.7. The fourth-order valence-electron chi connectivity index (χ4n) is 2.94. The summed E-state index contributed by atoms with van der Waals surface area (Å²) < 4.78 is 29.7. The predicted molar refractivity (Wildman–Crippen MR) is 126 cm³/mol. The molecule has 0 atom stereocenters. The van der Waals surface area contributed by atoms with Crippen LogP contribution in [0.3, 0.4) is 0 Å². The lowest BCUT2D eigenvalue weighted by Crippen LogP contribution is -2.57. The van der Waals surface area contributed by atoms with Crippen molar-refractivity contribution in [3.8, 4) is 5.75 Å². The van der Waals surface area contributed by atoms with Crippen molar-refractivity contribution in [2.75, 3.05) is 32.0 Å². The number of benzene rings is 1. The van der Waals surface area contributed by atoms with E-state index < -0.39 is 14.6 Å². The molecule has 1 heterocycles. The predicted octanol–water partition coefficient (Wildman–Crippen LogP) is 3.31. The lowest BCUT2D eigenvalue weighted by molar-refractivity contribution is 0.268. The van der Waals surface area contributed by atoms with E-state index in [0.29, 0.717) is 32.2 Å². The van der Waals surface area contributed by atoms with Crippen LogP contribution in [-0.2, 0) is 16.4 Å².